The average molecular weight is 344 g/mol. The molecule has 6 nitrogen and oxygen atoms in total. The molecule has 2 N–H and O–H groups in total. The van der Waals surface area contributed by atoms with Crippen LogP contribution >= 0.6 is 12.4 Å². The van der Waals surface area contributed by atoms with E-state index < -0.39 is 0 Å². The lowest BCUT2D eigenvalue weighted by atomic mass is 10.2. The Kier molecular flexibility index (Phi) is 10.8. The molecule has 0 radical (unpaired) electrons. The summed E-state index contributed by atoms with van der Waals surface area (Å²) >= 11 is 0. The van der Waals surface area contributed by atoms with E-state index in [1.165, 1.54) is 0 Å². The standard InChI is InChI=1S/C16H25N3O3.ClH/c1-4-19(16(21)9-6-10-17-2)12-15(20)18-13-7-5-8-14(11-13)22-3;/h5,7-8,11,17H,4,6,9-10,12H2,1-3H3,(H,18,20);1H. The number of nitrogens with zero attached hydrogens (tertiary/aromatic N) is 1. The van der Waals surface area contributed by atoms with Crippen molar-refractivity contribution in [2.24, 2.45) is 0 Å². The molecule has 0 saturated carbocycles. The van der Waals surface area contributed by atoms with Crippen LogP contribution in [-0.2, 0) is 9.59 Å². The summed E-state index contributed by atoms with van der Waals surface area (Å²) in [6, 6.07) is 7.13. The number of methoxy groups -OCH3 is 1. The zero-order chi connectivity index (χ0) is 16.4. The lowest BCUT2D eigenvalue weighted by Gasteiger charge is -2.20. The average Bonchev–Trinajstić information content (AvgIpc) is 2.52. The Morgan fingerprint density at radius 3 is 2.65 bits per heavy atom. The smallest absolute Gasteiger partial charge is 0.243 e. The predicted molar refractivity (Wildman–Crippen MR) is 94.3 cm³/mol. The van der Waals surface area contributed by atoms with Gasteiger partial charge in [0.25, 0.3) is 0 Å². The highest BCUT2D eigenvalue weighted by molar-refractivity contribution is 5.94. The molecule has 0 atom stereocenters. The second-order valence-corrected chi connectivity index (χ2v) is 4.90. The van der Waals surface area contributed by atoms with Crippen molar-refractivity contribution in [2.45, 2.75) is 19.8 Å². The van der Waals surface area contributed by atoms with Crippen LogP contribution in [0.15, 0.2) is 24.3 Å². The first-order valence-electron chi connectivity index (χ1n) is 7.47. The van der Waals surface area contributed by atoms with Crippen LogP contribution in [0.2, 0.25) is 0 Å². The molecule has 1 aromatic rings. The van der Waals surface area contributed by atoms with Crippen molar-refractivity contribution in [2.75, 3.05) is 39.1 Å². The van der Waals surface area contributed by atoms with Crippen LogP contribution in [0.25, 0.3) is 0 Å². The van der Waals surface area contributed by atoms with Gasteiger partial charge >= 0.3 is 0 Å². The minimum atomic E-state index is -0.211. The molecular formula is C16H26ClN3O3. The number of likely N-dealkylation sites (N-methyl/N-ethyl adjacent to an activating group) is 1. The Hall–Kier alpha value is -1.79. The molecule has 1 rings (SSSR count). The molecule has 0 saturated heterocycles. The van der Waals surface area contributed by atoms with Gasteiger partial charge in [0.15, 0.2) is 0 Å². The van der Waals surface area contributed by atoms with Gasteiger partial charge in [0.05, 0.1) is 13.7 Å². The third-order valence-corrected chi connectivity index (χ3v) is 3.24. The minimum absolute atomic E-state index is 0. The Morgan fingerprint density at radius 2 is 2.04 bits per heavy atom. The third-order valence-electron chi connectivity index (χ3n) is 3.24. The molecule has 0 aliphatic heterocycles. The molecule has 7 heteroatoms. The number of hydrogen-bond donors (Lipinski definition) is 2. The number of amides is 2. The fraction of sp³-hybridized carbons (Fsp3) is 0.500. The second kappa shape index (κ2) is 11.7. The topological polar surface area (TPSA) is 70.7 Å². The van der Waals surface area contributed by atoms with Crippen molar-refractivity contribution < 1.29 is 14.3 Å². The molecule has 2 amide bonds. The maximum atomic E-state index is 12.1. The number of halogens is 1. The van der Waals surface area contributed by atoms with Crippen molar-refractivity contribution in [1.29, 1.82) is 0 Å². The van der Waals surface area contributed by atoms with E-state index in [1.807, 2.05) is 14.0 Å². The van der Waals surface area contributed by atoms with Crippen molar-refractivity contribution in [1.82, 2.24) is 10.2 Å². The van der Waals surface area contributed by atoms with Gasteiger partial charge in [-0.3, -0.25) is 9.59 Å². The third kappa shape index (κ3) is 7.85. The largest absolute Gasteiger partial charge is 0.497 e. The number of carbonyl (C=O) groups is 2. The quantitative estimate of drug-likeness (QED) is 0.672. The number of nitrogens with one attached hydrogen (secondary N) is 2. The highest BCUT2D eigenvalue weighted by Gasteiger charge is 2.15. The molecule has 130 valence electrons. The molecule has 23 heavy (non-hydrogen) atoms. The molecule has 0 heterocycles. The van der Waals surface area contributed by atoms with E-state index in [4.69, 9.17) is 4.74 Å². The second-order valence-electron chi connectivity index (χ2n) is 4.90. The Morgan fingerprint density at radius 1 is 1.30 bits per heavy atom. The van der Waals surface area contributed by atoms with Crippen LogP contribution in [0.1, 0.15) is 19.8 Å². The summed E-state index contributed by atoms with van der Waals surface area (Å²) in [7, 11) is 3.42. The van der Waals surface area contributed by atoms with Gasteiger partial charge in [0.1, 0.15) is 5.75 Å². The first-order chi connectivity index (χ1) is 10.6. The van der Waals surface area contributed by atoms with Crippen LogP contribution < -0.4 is 15.4 Å². The van der Waals surface area contributed by atoms with Gasteiger partial charge in [-0.15, -0.1) is 12.4 Å². The molecular weight excluding hydrogens is 318 g/mol. The lowest BCUT2D eigenvalue weighted by Crippen LogP contribution is -2.38. The van der Waals surface area contributed by atoms with Crippen molar-refractivity contribution in [3.63, 3.8) is 0 Å². The highest BCUT2D eigenvalue weighted by atomic mass is 35.5. The molecule has 1 aromatic carbocycles. The van der Waals surface area contributed by atoms with E-state index in [0.29, 0.717) is 24.4 Å². The number of rotatable bonds is 9. The van der Waals surface area contributed by atoms with Crippen LogP contribution in [0, 0.1) is 0 Å². The van der Waals surface area contributed by atoms with Gasteiger partial charge in [-0.1, -0.05) is 6.07 Å². The maximum Gasteiger partial charge on any atom is 0.243 e. The number of anilines is 1. The number of ether oxygens (including phenoxy) is 1. The van der Waals surface area contributed by atoms with E-state index in [1.54, 1.807) is 36.3 Å². The predicted octanol–water partition coefficient (Wildman–Crippen LogP) is 1.90. The van der Waals surface area contributed by atoms with Crippen molar-refractivity contribution in [3.05, 3.63) is 24.3 Å². The van der Waals surface area contributed by atoms with Crippen molar-refractivity contribution in [3.8, 4) is 5.75 Å². The summed E-state index contributed by atoms with van der Waals surface area (Å²) in [5.41, 5.74) is 0.656. The van der Waals surface area contributed by atoms with Gasteiger partial charge in [-0.25, -0.2) is 0 Å². The number of carbonyl (C=O) groups excluding carboxylic acids is 2. The van der Waals surface area contributed by atoms with Gasteiger partial charge in [-0.2, -0.15) is 0 Å². The van der Waals surface area contributed by atoms with Crippen LogP contribution in [-0.4, -0.2) is 50.5 Å². The van der Waals surface area contributed by atoms with Gasteiger partial charge in [-0.05, 0) is 39.1 Å². The number of benzene rings is 1. The highest BCUT2D eigenvalue weighted by Crippen LogP contribution is 2.16. The van der Waals surface area contributed by atoms with E-state index in [2.05, 4.69) is 10.6 Å². The van der Waals surface area contributed by atoms with E-state index >= 15 is 0 Å². The fourth-order valence-corrected chi connectivity index (χ4v) is 2.03. The molecule has 0 bridgehead atoms. The van der Waals surface area contributed by atoms with E-state index in [-0.39, 0.29) is 30.8 Å². The zero-order valence-electron chi connectivity index (χ0n) is 13.9. The maximum absolute atomic E-state index is 12.1. The molecule has 0 fully saturated rings. The summed E-state index contributed by atoms with van der Waals surface area (Å²) in [6.45, 7) is 3.24. The molecule has 0 spiro atoms. The summed E-state index contributed by atoms with van der Waals surface area (Å²) in [5.74, 6) is 0.462. The number of hydrogen-bond acceptors (Lipinski definition) is 4. The van der Waals surface area contributed by atoms with Crippen molar-refractivity contribution >= 4 is 29.9 Å². The summed E-state index contributed by atoms with van der Waals surface area (Å²) in [5, 5.41) is 5.78. The minimum Gasteiger partial charge on any atom is -0.497 e. The normalized spacial score (nSPS) is 9.70. The monoisotopic (exact) mass is 343 g/mol. The Bertz CT molecular complexity index is 497. The zero-order valence-corrected chi connectivity index (χ0v) is 14.7. The van der Waals surface area contributed by atoms with Crippen LogP contribution in [0.3, 0.4) is 0 Å². The van der Waals surface area contributed by atoms with E-state index in [9.17, 15) is 9.59 Å². The first kappa shape index (κ1) is 21.2. The van der Waals surface area contributed by atoms with Gasteiger partial charge < -0.3 is 20.3 Å². The lowest BCUT2D eigenvalue weighted by molar-refractivity contribution is -0.134. The fourth-order valence-electron chi connectivity index (χ4n) is 2.03. The Labute approximate surface area is 144 Å². The summed E-state index contributed by atoms with van der Waals surface area (Å²) in [4.78, 5) is 25.7. The molecule has 0 aliphatic rings. The molecule has 0 aliphatic carbocycles. The molecule has 0 aromatic heterocycles. The SMILES string of the molecule is CCN(CC(=O)Nc1cccc(OC)c1)C(=O)CCCNC.Cl. The summed E-state index contributed by atoms with van der Waals surface area (Å²) < 4.78 is 5.11. The summed E-state index contributed by atoms with van der Waals surface area (Å²) in [6.07, 6.45) is 1.21. The Balaban J connectivity index is 0.00000484. The molecule has 0 unspecified atom stereocenters. The van der Waals surface area contributed by atoms with E-state index in [0.717, 1.165) is 13.0 Å². The van der Waals surface area contributed by atoms with Crippen LogP contribution in [0.4, 0.5) is 5.69 Å². The van der Waals surface area contributed by atoms with Gasteiger partial charge in [0, 0.05) is 24.7 Å². The van der Waals surface area contributed by atoms with Crippen LogP contribution in [0.5, 0.6) is 5.75 Å². The first-order valence-corrected chi connectivity index (χ1v) is 7.47. The van der Waals surface area contributed by atoms with Gasteiger partial charge in [0.2, 0.25) is 11.8 Å².